The molecule has 9 nitrogen and oxygen atoms in total. The molecule has 0 bridgehead atoms. The highest BCUT2D eigenvalue weighted by molar-refractivity contribution is 7.99. The number of thioether (sulfide) groups is 1. The highest BCUT2D eigenvalue weighted by Gasteiger charge is 2.16. The number of carbonyl (C=O) groups is 2. The van der Waals surface area contributed by atoms with Crippen LogP contribution in [0.15, 0.2) is 59.0 Å². The number of rotatable bonds is 6. The number of nitrogens with zero attached hydrogens (tertiary/aromatic N) is 2. The summed E-state index contributed by atoms with van der Waals surface area (Å²) in [6, 6.07) is 8.99. The van der Waals surface area contributed by atoms with Crippen LogP contribution in [0.25, 0.3) is 10.9 Å². The van der Waals surface area contributed by atoms with Gasteiger partial charge in [0.15, 0.2) is 16.7 Å². The number of nitrogens with one attached hydrogen (secondary N) is 2. The van der Waals surface area contributed by atoms with E-state index in [0.717, 1.165) is 11.8 Å². The number of hydrogen-bond acceptors (Lipinski definition) is 7. The van der Waals surface area contributed by atoms with Crippen molar-refractivity contribution in [2.75, 3.05) is 17.9 Å². The van der Waals surface area contributed by atoms with E-state index in [-0.39, 0.29) is 24.6 Å². The second-order valence-corrected chi connectivity index (χ2v) is 8.00. The fraction of sp³-hybridized carbons (Fsp3) is 0.143. The summed E-state index contributed by atoms with van der Waals surface area (Å²) < 4.78 is 11.9. The second-order valence-electron chi connectivity index (χ2n) is 6.62. The SMILES string of the molecule is C=CCn1c(SCC(=O)NC(=O)Nc2ccc3c(c2)OCO3)nc2cc(Cl)ccc2c1=O. The zero-order valence-corrected chi connectivity index (χ0v) is 18.2. The van der Waals surface area contributed by atoms with Gasteiger partial charge in [0, 0.05) is 23.3 Å². The number of hydrogen-bond donors (Lipinski definition) is 2. The smallest absolute Gasteiger partial charge is 0.325 e. The Morgan fingerprint density at radius 2 is 2.03 bits per heavy atom. The highest BCUT2D eigenvalue weighted by atomic mass is 35.5. The number of imide groups is 1. The molecule has 32 heavy (non-hydrogen) atoms. The lowest BCUT2D eigenvalue weighted by Crippen LogP contribution is -2.35. The molecule has 0 saturated heterocycles. The van der Waals surface area contributed by atoms with Gasteiger partial charge in [-0.25, -0.2) is 9.78 Å². The van der Waals surface area contributed by atoms with Gasteiger partial charge < -0.3 is 14.8 Å². The molecule has 164 valence electrons. The van der Waals surface area contributed by atoms with Crippen LogP contribution in [0, 0.1) is 0 Å². The van der Waals surface area contributed by atoms with Crippen molar-refractivity contribution in [2.45, 2.75) is 11.7 Å². The first-order valence-corrected chi connectivity index (χ1v) is 10.8. The summed E-state index contributed by atoms with van der Waals surface area (Å²) in [5, 5.41) is 5.97. The van der Waals surface area contributed by atoms with Crippen LogP contribution in [0.4, 0.5) is 10.5 Å². The van der Waals surface area contributed by atoms with E-state index in [4.69, 9.17) is 21.1 Å². The number of amides is 3. The number of halogens is 1. The van der Waals surface area contributed by atoms with Crippen LogP contribution in [-0.2, 0) is 11.3 Å². The molecule has 0 atom stereocenters. The Bertz CT molecular complexity index is 1290. The molecule has 0 aliphatic carbocycles. The predicted octanol–water partition coefficient (Wildman–Crippen LogP) is 3.41. The Kier molecular flexibility index (Phi) is 6.33. The summed E-state index contributed by atoms with van der Waals surface area (Å²) in [6.45, 7) is 4.00. The third-order valence-corrected chi connectivity index (χ3v) is 5.62. The molecule has 1 aliphatic rings. The average molecular weight is 473 g/mol. The average Bonchev–Trinajstić information content (AvgIpc) is 3.22. The van der Waals surface area contributed by atoms with E-state index in [1.807, 2.05) is 0 Å². The number of allylic oxidation sites excluding steroid dienone is 1. The largest absolute Gasteiger partial charge is 0.454 e. The lowest BCUT2D eigenvalue weighted by atomic mass is 10.2. The molecule has 11 heteroatoms. The van der Waals surface area contributed by atoms with Crippen molar-refractivity contribution in [3.05, 3.63) is 64.4 Å². The first-order chi connectivity index (χ1) is 15.4. The fourth-order valence-corrected chi connectivity index (χ4v) is 3.98. The number of ether oxygens (including phenoxy) is 2. The van der Waals surface area contributed by atoms with Crippen LogP contribution in [0.3, 0.4) is 0 Å². The molecule has 2 N–H and O–H groups in total. The first kappa shape index (κ1) is 21.7. The molecule has 2 aromatic carbocycles. The van der Waals surface area contributed by atoms with Crippen molar-refractivity contribution in [1.29, 1.82) is 0 Å². The fourth-order valence-electron chi connectivity index (χ4n) is 3.00. The van der Waals surface area contributed by atoms with Gasteiger partial charge in [-0.3, -0.25) is 19.5 Å². The standard InChI is InChI=1S/C21H17ClN4O5S/c1-2-7-26-19(28)14-5-3-12(22)8-15(14)24-21(26)32-10-18(27)25-20(29)23-13-4-6-16-17(9-13)31-11-30-16/h2-6,8-9H,1,7,10-11H2,(H2,23,25,27,29). The van der Waals surface area contributed by atoms with Gasteiger partial charge in [0.2, 0.25) is 12.7 Å². The van der Waals surface area contributed by atoms with Gasteiger partial charge in [-0.1, -0.05) is 29.4 Å². The van der Waals surface area contributed by atoms with E-state index < -0.39 is 11.9 Å². The number of aromatic nitrogens is 2. The minimum atomic E-state index is -0.698. The quantitative estimate of drug-likeness (QED) is 0.321. The molecular formula is C21H17ClN4O5S. The van der Waals surface area contributed by atoms with Gasteiger partial charge in [-0.05, 0) is 30.3 Å². The van der Waals surface area contributed by atoms with Gasteiger partial charge in [0.1, 0.15) is 0 Å². The van der Waals surface area contributed by atoms with Gasteiger partial charge in [-0.2, -0.15) is 0 Å². The van der Waals surface area contributed by atoms with Gasteiger partial charge in [0.25, 0.3) is 5.56 Å². The molecule has 3 aromatic rings. The van der Waals surface area contributed by atoms with E-state index in [9.17, 15) is 14.4 Å². The van der Waals surface area contributed by atoms with Gasteiger partial charge >= 0.3 is 6.03 Å². The van der Waals surface area contributed by atoms with Gasteiger partial charge in [-0.15, -0.1) is 6.58 Å². The van der Waals surface area contributed by atoms with Crippen molar-refractivity contribution in [3.8, 4) is 11.5 Å². The van der Waals surface area contributed by atoms with Crippen LogP contribution in [0.5, 0.6) is 11.5 Å². The number of anilines is 1. The number of benzene rings is 2. The van der Waals surface area contributed by atoms with Crippen LogP contribution >= 0.6 is 23.4 Å². The highest BCUT2D eigenvalue weighted by Crippen LogP contribution is 2.34. The predicted molar refractivity (Wildman–Crippen MR) is 122 cm³/mol. The van der Waals surface area contributed by atoms with Crippen LogP contribution in [0.2, 0.25) is 5.02 Å². The van der Waals surface area contributed by atoms with Crippen molar-refractivity contribution in [3.63, 3.8) is 0 Å². The van der Waals surface area contributed by atoms with E-state index in [2.05, 4.69) is 22.2 Å². The first-order valence-electron chi connectivity index (χ1n) is 9.39. The van der Waals surface area contributed by atoms with E-state index in [1.54, 1.807) is 42.5 Å². The Hall–Kier alpha value is -3.50. The molecule has 4 rings (SSSR count). The topological polar surface area (TPSA) is 112 Å². The van der Waals surface area contributed by atoms with Crippen LogP contribution in [0.1, 0.15) is 0 Å². The molecule has 0 fully saturated rings. The molecule has 1 aromatic heterocycles. The molecule has 0 spiro atoms. The zero-order chi connectivity index (χ0) is 22.7. The summed E-state index contributed by atoms with van der Waals surface area (Å²) in [4.78, 5) is 41.7. The summed E-state index contributed by atoms with van der Waals surface area (Å²) in [6.07, 6.45) is 1.56. The van der Waals surface area contributed by atoms with E-state index in [0.29, 0.717) is 38.3 Å². The Labute approximate surface area is 191 Å². The van der Waals surface area contributed by atoms with Crippen molar-refractivity contribution in [2.24, 2.45) is 0 Å². The third kappa shape index (κ3) is 4.71. The van der Waals surface area contributed by atoms with Gasteiger partial charge in [0.05, 0.1) is 16.7 Å². The number of carbonyl (C=O) groups excluding carboxylic acids is 2. The van der Waals surface area contributed by atoms with E-state index in [1.165, 1.54) is 4.57 Å². The van der Waals surface area contributed by atoms with Crippen LogP contribution in [-0.4, -0.2) is 34.0 Å². The van der Waals surface area contributed by atoms with Crippen LogP contribution < -0.4 is 25.7 Å². The summed E-state index contributed by atoms with van der Waals surface area (Å²) in [7, 11) is 0. The second kappa shape index (κ2) is 9.33. The Morgan fingerprint density at radius 3 is 2.84 bits per heavy atom. The third-order valence-electron chi connectivity index (χ3n) is 4.41. The number of urea groups is 1. The lowest BCUT2D eigenvalue weighted by molar-refractivity contribution is -0.117. The molecule has 0 radical (unpaired) electrons. The van der Waals surface area contributed by atoms with Crippen molar-refractivity contribution < 1.29 is 19.1 Å². The molecule has 1 aliphatic heterocycles. The Balaban J connectivity index is 1.43. The maximum atomic E-state index is 12.8. The molecule has 3 amide bonds. The number of fused-ring (bicyclic) bond motifs is 2. The molecule has 2 heterocycles. The summed E-state index contributed by atoms with van der Waals surface area (Å²) in [5.74, 6) is 0.397. The summed E-state index contributed by atoms with van der Waals surface area (Å²) in [5.41, 5.74) is 0.599. The summed E-state index contributed by atoms with van der Waals surface area (Å²) >= 11 is 7.04. The maximum absolute atomic E-state index is 12.8. The minimum Gasteiger partial charge on any atom is -0.454 e. The lowest BCUT2D eigenvalue weighted by Gasteiger charge is -2.12. The van der Waals surface area contributed by atoms with Crippen molar-refractivity contribution in [1.82, 2.24) is 14.9 Å². The minimum absolute atomic E-state index is 0.118. The molecular weight excluding hydrogens is 456 g/mol. The molecule has 0 unspecified atom stereocenters. The van der Waals surface area contributed by atoms with E-state index >= 15 is 0 Å². The Morgan fingerprint density at radius 1 is 1.22 bits per heavy atom. The maximum Gasteiger partial charge on any atom is 0.325 e. The normalized spacial score (nSPS) is 11.9. The monoisotopic (exact) mass is 472 g/mol. The van der Waals surface area contributed by atoms with Crippen molar-refractivity contribution >= 4 is 51.9 Å². The zero-order valence-electron chi connectivity index (χ0n) is 16.6. The molecule has 0 saturated carbocycles.